The van der Waals surface area contributed by atoms with Crippen LogP contribution in [0.5, 0.6) is 0 Å². The normalized spacial score (nSPS) is 10.3. The van der Waals surface area contributed by atoms with Gasteiger partial charge in [0.1, 0.15) is 0 Å². The molecule has 5 heteroatoms. The molecule has 0 radical (unpaired) electrons. The third kappa shape index (κ3) is 2.86. The van der Waals surface area contributed by atoms with Gasteiger partial charge in [0.15, 0.2) is 5.78 Å². The average Bonchev–Trinajstić information content (AvgIpc) is 2.87. The van der Waals surface area contributed by atoms with E-state index < -0.39 is 5.97 Å². The first-order chi connectivity index (χ1) is 9.63. The smallest absolute Gasteiger partial charge is 0.303 e. The number of nitrogens with zero attached hydrogens (tertiary/aromatic N) is 1. The van der Waals surface area contributed by atoms with E-state index in [9.17, 15) is 9.59 Å². The van der Waals surface area contributed by atoms with Crippen LogP contribution in [0.15, 0.2) is 24.4 Å². The van der Waals surface area contributed by atoms with Crippen LogP contribution in [-0.4, -0.2) is 21.8 Å². The molecule has 2 rings (SSSR count). The van der Waals surface area contributed by atoms with Crippen LogP contribution in [0.1, 0.15) is 41.6 Å². The molecule has 0 bridgehead atoms. The number of ketones is 1. The van der Waals surface area contributed by atoms with Crippen LogP contribution >= 0.6 is 0 Å². The van der Waals surface area contributed by atoms with Gasteiger partial charge in [0.25, 0.3) is 0 Å². The maximum Gasteiger partial charge on any atom is 0.303 e. The SMILES string of the molecule is N#Cc1cccc2[nH]cc(C(=O)CCCCC(=O)O)c12. The van der Waals surface area contributed by atoms with Crippen LogP contribution in [0.25, 0.3) is 10.9 Å². The maximum atomic E-state index is 12.2. The summed E-state index contributed by atoms with van der Waals surface area (Å²) in [5, 5.41) is 18.3. The lowest BCUT2D eigenvalue weighted by Gasteiger charge is -2.00. The second kappa shape index (κ2) is 6.02. The Bertz CT molecular complexity index is 695. The number of nitriles is 1. The number of hydrogen-bond acceptors (Lipinski definition) is 3. The zero-order valence-corrected chi connectivity index (χ0v) is 10.8. The Morgan fingerprint density at radius 2 is 2.00 bits per heavy atom. The van der Waals surface area contributed by atoms with Crippen molar-refractivity contribution in [2.45, 2.75) is 25.7 Å². The summed E-state index contributed by atoms with van der Waals surface area (Å²) in [5.74, 6) is -0.916. The predicted molar refractivity (Wildman–Crippen MR) is 73.4 cm³/mol. The van der Waals surface area contributed by atoms with Gasteiger partial charge < -0.3 is 10.1 Å². The molecular formula is C15H14N2O3. The zero-order valence-electron chi connectivity index (χ0n) is 10.8. The molecule has 20 heavy (non-hydrogen) atoms. The molecule has 2 aromatic rings. The highest BCUT2D eigenvalue weighted by molar-refractivity contribution is 6.09. The van der Waals surface area contributed by atoms with Gasteiger partial charge in [-0.3, -0.25) is 9.59 Å². The number of fused-ring (bicyclic) bond motifs is 1. The van der Waals surface area contributed by atoms with E-state index in [4.69, 9.17) is 10.4 Å². The van der Waals surface area contributed by atoms with Crippen molar-refractivity contribution >= 4 is 22.7 Å². The Labute approximate surface area is 115 Å². The van der Waals surface area contributed by atoms with Crippen molar-refractivity contribution in [3.63, 3.8) is 0 Å². The van der Waals surface area contributed by atoms with Crippen LogP contribution in [0.2, 0.25) is 0 Å². The number of Topliss-reactive ketones (excluding diaryl/α,β-unsaturated/α-hetero) is 1. The van der Waals surface area contributed by atoms with Gasteiger partial charge in [0.2, 0.25) is 0 Å². The number of benzene rings is 1. The fourth-order valence-corrected chi connectivity index (χ4v) is 2.19. The summed E-state index contributed by atoms with van der Waals surface area (Å²) in [6.45, 7) is 0. The van der Waals surface area contributed by atoms with Gasteiger partial charge in [-0.1, -0.05) is 6.07 Å². The molecule has 0 spiro atoms. The van der Waals surface area contributed by atoms with Gasteiger partial charge >= 0.3 is 5.97 Å². The Kier molecular flexibility index (Phi) is 4.16. The van der Waals surface area contributed by atoms with Crippen LogP contribution in [-0.2, 0) is 4.79 Å². The lowest BCUT2D eigenvalue weighted by atomic mass is 10.0. The molecule has 1 aromatic heterocycles. The molecule has 2 N–H and O–H groups in total. The third-order valence-electron chi connectivity index (χ3n) is 3.17. The minimum absolute atomic E-state index is 0.0654. The number of aromatic amines is 1. The number of carbonyl (C=O) groups excluding carboxylic acids is 1. The fourth-order valence-electron chi connectivity index (χ4n) is 2.19. The van der Waals surface area contributed by atoms with Crippen LogP contribution in [0, 0.1) is 11.3 Å². The maximum absolute atomic E-state index is 12.2. The molecule has 0 saturated heterocycles. The molecule has 0 atom stereocenters. The number of aromatic nitrogens is 1. The van der Waals surface area contributed by atoms with E-state index in [1.807, 2.05) is 6.07 Å². The van der Waals surface area contributed by atoms with Crippen molar-refractivity contribution in [3.8, 4) is 6.07 Å². The van der Waals surface area contributed by atoms with Crippen molar-refractivity contribution in [3.05, 3.63) is 35.5 Å². The fraction of sp³-hybridized carbons (Fsp3) is 0.267. The quantitative estimate of drug-likeness (QED) is 0.623. The lowest BCUT2D eigenvalue weighted by Crippen LogP contribution is -2.00. The number of nitrogens with one attached hydrogen (secondary N) is 1. The van der Waals surface area contributed by atoms with Gasteiger partial charge in [0, 0.05) is 35.5 Å². The molecule has 0 saturated carbocycles. The second-order valence-electron chi connectivity index (χ2n) is 4.57. The largest absolute Gasteiger partial charge is 0.481 e. The summed E-state index contributed by atoms with van der Waals surface area (Å²) in [6.07, 6.45) is 3.00. The van der Waals surface area contributed by atoms with Gasteiger partial charge in [-0.2, -0.15) is 5.26 Å². The molecule has 5 nitrogen and oxygen atoms in total. The van der Waals surface area contributed by atoms with Crippen molar-refractivity contribution in [1.29, 1.82) is 5.26 Å². The molecule has 0 fully saturated rings. The summed E-state index contributed by atoms with van der Waals surface area (Å²) in [5.41, 5.74) is 1.74. The molecule has 0 aliphatic heterocycles. The predicted octanol–water partition coefficient (Wildman–Crippen LogP) is 2.87. The lowest BCUT2D eigenvalue weighted by molar-refractivity contribution is -0.137. The van der Waals surface area contributed by atoms with Crippen LogP contribution < -0.4 is 0 Å². The van der Waals surface area contributed by atoms with Crippen molar-refractivity contribution in [2.75, 3.05) is 0 Å². The number of H-pyrrole nitrogens is 1. The third-order valence-corrected chi connectivity index (χ3v) is 3.17. The van der Waals surface area contributed by atoms with E-state index in [2.05, 4.69) is 11.1 Å². The molecule has 0 amide bonds. The standard InChI is InChI=1S/C15H14N2O3/c16-8-10-4-3-5-12-15(10)11(9-17-12)13(18)6-1-2-7-14(19)20/h3-5,9,17H,1-2,6-7H2,(H,19,20). The number of rotatable bonds is 6. The number of hydrogen-bond donors (Lipinski definition) is 2. The average molecular weight is 270 g/mol. The molecule has 102 valence electrons. The summed E-state index contributed by atoms with van der Waals surface area (Å²) in [7, 11) is 0. The van der Waals surface area contributed by atoms with Crippen LogP contribution in [0.4, 0.5) is 0 Å². The van der Waals surface area contributed by atoms with E-state index >= 15 is 0 Å². The van der Waals surface area contributed by atoms with E-state index in [1.165, 1.54) is 0 Å². The molecule has 0 aliphatic rings. The highest BCUT2D eigenvalue weighted by Gasteiger charge is 2.14. The molecule has 1 heterocycles. The first-order valence-corrected chi connectivity index (χ1v) is 6.38. The van der Waals surface area contributed by atoms with E-state index in [1.54, 1.807) is 18.3 Å². The molecular weight excluding hydrogens is 256 g/mol. The van der Waals surface area contributed by atoms with Crippen molar-refractivity contribution in [1.82, 2.24) is 4.98 Å². The number of unbranched alkanes of at least 4 members (excludes halogenated alkanes) is 1. The minimum Gasteiger partial charge on any atom is -0.481 e. The highest BCUT2D eigenvalue weighted by atomic mass is 16.4. The number of carboxylic acids is 1. The topological polar surface area (TPSA) is 94.0 Å². The van der Waals surface area contributed by atoms with Crippen molar-refractivity contribution in [2.24, 2.45) is 0 Å². The Morgan fingerprint density at radius 3 is 2.70 bits per heavy atom. The summed E-state index contributed by atoms with van der Waals surface area (Å²) in [6, 6.07) is 7.34. The van der Waals surface area contributed by atoms with E-state index in [-0.39, 0.29) is 12.2 Å². The van der Waals surface area contributed by atoms with Gasteiger partial charge in [-0.15, -0.1) is 0 Å². The summed E-state index contributed by atoms with van der Waals surface area (Å²) in [4.78, 5) is 25.5. The monoisotopic (exact) mass is 270 g/mol. The highest BCUT2D eigenvalue weighted by Crippen LogP contribution is 2.23. The van der Waals surface area contributed by atoms with E-state index in [0.717, 1.165) is 5.52 Å². The molecule has 1 aromatic carbocycles. The first kappa shape index (κ1) is 13.8. The molecule has 0 unspecified atom stereocenters. The summed E-state index contributed by atoms with van der Waals surface area (Å²) < 4.78 is 0. The Hall–Kier alpha value is -2.61. The van der Waals surface area contributed by atoms with E-state index in [0.29, 0.717) is 35.8 Å². The Morgan fingerprint density at radius 1 is 1.25 bits per heavy atom. The molecule has 0 aliphatic carbocycles. The van der Waals surface area contributed by atoms with Gasteiger partial charge in [-0.25, -0.2) is 0 Å². The minimum atomic E-state index is -0.851. The first-order valence-electron chi connectivity index (χ1n) is 6.38. The number of carbonyl (C=O) groups is 2. The second-order valence-corrected chi connectivity index (χ2v) is 4.57. The number of aliphatic carboxylic acids is 1. The zero-order chi connectivity index (χ0) is 14.5. The number of carboxylic acid groups (broad SMARTS) is 1. The van der Waals surface area contributed by atoms with Gasteiger partial charge in [-0.05, 0) is 25.0 Å². The van der Waals surface area contributed by atoms with Crippen LogP contribution in [0.3, 0.4) is 0 Å². The Balaban J connectivity index is 2.15. The van der Waals surface area contributed by atoms with Crippen molar-refractivity contribution < 1.29 is 14.7 Å². The van der Waals surface area contributed by atoms with Gasteiger partial charge in [0.05, 0.1) is 11.6 Å². The summed E-state index contributed by atoms with van der Waals surface area (Å²) >= 11 is 0.